The molecule has 1 heterocycles. The van der Waals surface area contributed by atoms with Crippen LogP contribution in [0.4, 0.5) is 5.69 Å². The molecule has 1 aromatic carbocycles. The number of aryl methyl sites for hydroxylation is 2. The van der Waals surface area contributed by atoms with E-state index in [4.69, 9.17) is 5.73 Å². The summed E-state index contributed by atoms with van der Waals surface area (Å²) in [6.07, 6.45) is 0. The van der Waals surface area contributed by atoms with Crippen LogP contribution in [0.15, 0.2) is 29.6 Å². The van der Waals surface area contributed by atoms with Crippen molar-refractivity contribution in [1.29, 1.82) is 0 Å². The standard InChI is InChI=1S/C14H18N2S/c1-10-5-6-17-14(10)9-16-8-12-3-4-13(15)11(2)7-12/h3-7,16H,8-9,15H2,1-2H3. The van der Waals surface area contributed by atoms with Crippen molar-refractivity contribution in [1.82, 2.24) is 5.32 Å². The van der Waals surface area contributed by atoms with Crippen LogP contribution in [0.25, 0.3) is 0 Å². The molecule has 3 N–H and O–H groups in total. The summed E-state index contributed by atoms with van der Waals surface area (Å²) in [7, 11) is 0. The molecule has 1 aromatic heterocycles. The SMILES string of the molecule is Cc1cc(CNCc2sccc2C)ccc1N. The van der Waals surface area contributed by atoms with Crippen molar-refractivity contribution in [2.75, 3.05) is 5.73 Å². The van der Waals surface area contributed by atoms with Gasteiger partial charge < -0.3 is 11.1 Å². The van der Waals surface area contributed by atoms with Crippen molar-refractivity contribution in [2.45, 2.75) is 26.9 Å². The minimum absolute atomic E-state index is 0.864. The molecule has 0 aliphatic heterocycles. The Labute approximate surface area is 106 Å². The van der Waals surface area contributed by atoms with Gasteiger partial charge in [-0.1, -0.05) is 12.1 Å². The molecule has 2 nitrogen and oxygen atoms in total. The number of nitrogens with one attached hydrogen (secondary N) is 1. The molecule has 17 heavy (non-hydrogen) atoms. The van der Waals surface area contributed by atoms with E-state index in [0.717, 1.165) is 24.3 Å². The van der Waals surface area contributed by atoms with Gasteiger partial charge in [0.05, 0.1) is 0 Å². The van der Waals surface area contributed by atoms with Crippen molar-refractivity contribution < 1.29 is 0 Å². The minimum atomic E-state index is 0.864. The molecule has 0 bridgehead atoms. The second-order valence-corrected chi connectivity index (χ2v) is 5.32. The third kappa shape index (κ3) is 3.08. The lowest BCUT2D eigenvalue weighted by molar-refractivity contribution is 0.698. The molecular weight excluding hydrogens is 228 g/mol. The van der Waals surface area contributed by atoms with Crippen molar-refractivity contribution in [3.05, 3.63) is 51.2 Å². The van der Waals surface area contributed by atoms with Crippen molar-refractivity contribution >= 4 is 17.0 Å². The number of thiophene rings is 1. The first-order valence-electron chi connectivity index (χ1n) is 5.75. The Balaban J connectivity index is 1.90. The predicted molar refractivity (Wildman–Crippen MR) is 75.2 cm³/mol. The molecule has 0 spiro atoms. The third-order valence-corrected chi connectivity index (χ3v) is 3.94. The molecule has 3 heteroatoms. The highest BCUT2D eigenvalue weighted by molar-refractivity contribution is 7.10. The Kier molecular flexibility index (Phi) is 3.82. The normalized spacial score (nSPS) is 10.7. The van der Waals surface area contributed by atoms with Crippen molar-refractivity contribution in [3.63, 3.8) is 0 Å². The van der Waals surface area contributed by atoms with Gasteiger partial charge in [0.15, 0.2) is 0 Å². The van der Waals surface area contributed by atoms with Gasteiger partial charge in [-0.25, -0.2) is 0 Å². The Morgan fingerprint density at radius 2 is 1.94 bits per heavy atom. The van der Waals surface area contributed by atoms with Gasteiger partial charge in [0.2, 0.25) is 0 Å². The first-order valence-corrected chi connectivity index (χ1v) is 6.63. The highest BCUT2D eigenvalue weighted by atomic mass is 32.1. The summed E-state index contributed by atoms with van der Waals surface area (Å²) >= 11 is 1.81. The van der Waals surface area contributed by atoms with Crippen LogP contribution in [0.1, 0.15) is 21.6 Å². The first-order chi connectivity index (χ1) is 8.16. The summed E-state index contributed by atoms with van der Waals surface area (Å²) in [5.74, 6) is 0. The number of hydrogen-bond acceptors (Lipinski definition) is 3. The number of hydrogen-bond donors (Lipinski definition) is 2. The number of nitrogens with two attached hydrogens (primary N) is 1. The highest BCUT2D eigenvalue weighted by Crippen LogP contribution is 2.16. The maximum absolute atomic E-state index is 5.80. The lowest BCUT2D eigenvalue weighted by Gasteiger charge is -2.07. The number of anilines is 1. The fourth-order valence-electron chi connectivity index (χ4n) is 1.75. The van der Waals surface area contributed by atoms with Gasteiger partial charge in [0.1, 0.15) is 0 Å². The number of nitrogen functional groups attached to an aromatic ring is 1. The van der Waals surface area contributed by atoms with Crippen LogP contribution in [0.5, 0.6) is 0 Å². The van der Waals surface area contributed by atoms with Crippen LogP contribution in [0.3, 0.4) is 0 Å². The third-order valence-electron chi connectivity index (χ3n) is 2.92. The molecule has 0 aliphatic rings. The van der Waals surface area contributed by atoms with E-state index in [1.165, 1.54) is 16.0 Å². The summed E-state index contributed by atoms with van der Waals surface area (Å²) in [4.78, 5) is 1.41. The molecule has 0 fully saturated rings. The van der Waals surface area contributed by atoms with Crippen molar-refractivity contribution in [3.8, 4) is 0 Å². The quantitative estimate of drug-likeness (QED) is 0.813. The molecule has 0 atom stereocenters. The molecular formula is C14H18N2S. The first kappa shape index (κ1) is 12.1. The van der Waals surface area contributed by atoms with Crippen LogP contribution in [-0.2, 0) is 13.1 Å². The minimum Gasteiger partial charge on any atom is -0.399 e. The van der Waals surface area contributed by atoms with E-state index in [-0.39, 0.29) is 0 Å². The van der Waals surface area contributed by atoms with Crippen LogP contribution < -0.4 is 11.1 Å². The monoisotopic (exact) mass is 246 g/mol. The molecule has 2 rings (SSSR count). The summed E-state index contributed by atoms with van der Waals surface area (Å²) in [5.41, 5.74) is 10.5. The van der Waals surface area contributed by atoms with E-state index in [1.807, 2.05) is 24.3 Å². The van der Waals surface area contributed by atoms with Gasteiger partial charge in [0, 0.05) is 23.7 Å². The van der Waals surface area contributed by atoms with E-state index in [9.17, 15) is 0 Å². The molecule has 0 amide bonds. The Morgan fingerprint density at radius 1 is 1.12 bits per heavy atom. The fraction of sp³-hybridized carbons (Fsp3) is 0.286. The molecule has 0 saturated carbocycles. The molecule has 0 aliphatic carbocycles. The van der Waals surface area contributed by atoms with E-state index < -0.39 is 0 Å². The summed E-state index contributed by atoms with van der Waals surface area (Å²) < 4.78 is 0. The van der Waals surface area contributed by atoms with Crippen LogP contribution in [-0.4, -0.2) is 0 Å². The molecule has 2 aromatic rings. The number of rotatable bonds is 4. The Morgan fingerprint density at radius 3 is 2.59 bits per heavy atom. The van der Waals surface area contributed by atoms with Gasteiger partial charge in [-0.3, -0.25) is 0 Å². The largest absolute Gasteiger partial charge is 0.399 e. The smallest absolute Gasteiger partial charge is 0.0343 e. The molecule has 90 valence electrons. The maximum Gasteiger partial charge on any atom is 0.0343 e. The zero-order valence-corrected chi connectivity index (χ0v) is 11.1. The summed E-state index contributed by atoms with van der Waals surface area (Å²) in [5, 5.41) is 5.60. The van der Waals surface area contributed by atoms with E-state index >= 15 is 0 Å². The van der Waals surface area contributed by atoms with Gasteiger partial charge in [-0.2, -0.15) is 0 Å². The van der Waals surface area contributed by atoms with Crippen molar-refractivity contribution in [2.24, 2.45) is 0 Å². The van der Waals surface area contributed by atoms with Crippen LogP contribution in [0.2, 0.25) is 0 Å². The van der Waals surface area contributed by atoms with E-state index in [2.05, 4.69) is 35.8 Å². The second kappa shape index (κ2) is 5.34. The van der Waals surface area contributed by atoms with Gasteiger partial charge in [-0.05, 0) is 48.1 Å². The van der Waals surface area contributed by atoms with Crippen LogP contribution in [0, 0.1) is 13.8 Å². The lowest BCUT2D eigenvalue weighted by atomic mass is 10.1. The Hall–Kier alpha value is -1.32. The molecule has 0 radical (unpaired) electrons. The fourth-order valence-corrected chi connectivity index (χ4v) is 2.63. The zero-order chi connectivity index (χ0) is 12.3. The van der Waals surface area contributed by atoms with Gasteiger partial charge >= 0.3 is 0 Å². The van der Waals surface area contributed by atoms with E-state index in [0.29, 0.717) is 0 Å². The van der Waals surface area contributed by atoms with E-state index in [1.54, 1.807) is 0 Å². The average Bonchev–Trinajstić information content (AvgIpc) is 2.70. The van der Waals surface area contributed by atoms with Crippen LogP contribution >= 0.6 is 11.3 Å². The highest BCUT2D eigenvalue weighted by Gasteiger charge is 2.00. The molecule has 0 saturated heterocycles. The topological polar surface area (TPSA) is 38.0 Å². The zero-order valence-electron chi connectivity index (χ0n) is 10.3. The maximum atomic E-state index is 5.80. The molecule has 0 unspecified atom stereocenters. The van der Waals surface area contributed by atoms with Gasteiger partial charge in [-0.15, -0.1) is 11.3 Å². The number of benzene rings is 1. The lowest BCUT2D eigenvalue weighted by Crippen LogP contribution is -2.12. The summed E-state index contributed by atoms with van der Waals surface area (Å²) in [6.45, 7) is 6.02. The predicted octanol–water partition coefficient (Wildman–Crippen LogP) is 3.24. The van der Waals surface area contributed by atoms with Gasteiger partial charge in [0.25, 0.3) is 0 Å². The Bertz CT molecular complexity index is 503. The summed E-state index contributed by atoms with van der Waals surface area (Å²) in [6, 6.07) is 8.36. The second-order valence-electron chi connectivity index (χ2n) is 4.32. The average molecular weight is 246 g/mol.